The quantitative estimate of drug-likeness (QED) is 0.597. The lowest BCUT2D eigenvalue weighted by Crippen LogP contribution is -2.33. The van der Waals surface area contributed by atoms with E-state index >= 15 is 0 Å². The zero-order valence-electron chi connectivity index (χ0n) is 7.21. The largest absolute Gasteiger partial charge is 0.355 e. The topological polar surface area (TPSA) is 36.4 Å². The summed E-state index contributed by atoms with van der Waals surface area (Å²) < 4.78 is 0. The lowest BCUT2D eigenvalue weighted by Gasteiger charge is -2.01. The third kappa shape index (κ3) is 2.26. The Kier molecular flexibility index (Phi) is 2.30. The minimum absolute atomic E-state index is 0.880. The van der Waals surface area contributed by atoms with Crippen molar-refractivity contribution in [3.05, 3.63) is 12.2 Å². The Morgan fingerprint density at radius 1 is 1.58 bits per heavy atom. The normalized spacial score (nSPS) is 22.5. The van der Waals surface area contributed by atoms with Crippen molar-refractivity contribution >= 4 is 5.96 Å². The number of guanidine groups is 1. The second kappa shape index (κ2) is 3.61. The molecule has 3 heteroatoms. The Bertz CT molecular complexity index is 204. The maximum Gasteiger partial charge on any atom is 0.191 e. The molecule has 0 atom stereocenters. The lowest BCUT2D eigenvalue weighted by molar-refractivity contribution is 0.920. The van der Waals surface area contributed by atoms with Crippen molar-refractivity contribution < 1.29 is 0 Å². The van der Waals surface area contributed by atoms with Crippen LogP contribution in [0, 0.1) is 5.92 Å². The van der Waals surface area contributed by atoms with Gasteiger partial charge in [0.2, 0.25) is 0 Å². The standard InChI is InChI=1S/C9H15N3/c1(2-8-3-4-8)5-10-9-11-6-7-12-9/h1-2,8H,3-7H2,(H2,10,11,12)/b2-1+. The molecule has 66 valence electrons. The molecular formula is C9H15N3. The van der Waals surface area contributed by atoms with Crippen LogP contribution in [0.1, 0.15) is 12.8 Å². The molecular weight excluding hydrogens is 150 g/mol. The number of rotatable bonds is 3. The van der Waals surface area contributed by atoms with Gasteiger partial charge >= 0.3 is 0 Å². The molecule has 2 rings (SSSR count). The maximum atomic E-state index is 4.23. The SMILES string of the molecule is C(=C\C1CC1)/CNC1=NCCN1. The summed E-state index contributed by atoms with van der Waals surface area (Å²) in [6, 6.07) is 0. The van der Waals surface area contributed by atoms with E-state index < -0.39 is 0 Å². The number of allylic oxidation sites excluding steroid dienone is 1. The predicted octanol–water partition coefficient (Wildman–Crippen LogP) is 0.501. The molecule has 0 amide bonds. The molecule has 1 aliphatic heterocycles. The Morgan fingerprint density at radius 3 is 3.17 bits per heavy atom. The molecule has 1 saturated carbocycles. The number of nitrogens with one attached hydrogen (secondary N) is 2. The Hall–Kier alpha value is -0.990. The van der Waals surface area contributed by atoms with E-state index in [1.807, 2.05) is 0 Å². The van der Waals surface area contributed by atoms with E-state index in [1.54, 1.807) is 0 Å². The lowest BCUT2D eigenvalue weighted by atomic mass is 10.4. The average molecular weight is 165 g/mol. The molecule has 0 radical (unpaired) electrons. The van der Waals surface area contributed by atoms with Crippen LogP contribution in [0.5, 0.6) is 0 Å². The van der Waals surface area contributed by atoms with Gasteiger partial charge < -0.3 is 10.6 Å². The molecule has 3 nitrogen and oxygen atoms in total. The van der Waals surface area contributed by atoms with Crippen LogP contribution < -0.4 is 10.6 Å². The van der Waals surface area contributed by atoms with Gasteiger partial charge in [-0.15, -0.1) is 0 Å². The molecule has 1 heterocycles. The smallest absolute Gasteiger partial charge is 0.191 e. The van der Waals surface area contributed by atoms with E-state index in [1.165, 1.54) is 12.8 Å². The van der Waals surface area contributed by atoms with E-state index in [9.17, 15) is 0 Å². The van der Waals surface area contributed by atoms with Crippen LogP contribution in [0.3, 0.4) is 0 Å². The van der Waals surface area contributed by atoms with Gasteiger partial charge in [0.25, 0.3) is 0 Å². The number of hydrogen-bond acceptors (Lipinski definition) is 3. The molecule has 0 aromatic carbocycles. The summed E-state index contributed by atoms with van der Waals surface area (Å²) >= 11 is 0. The van der Waals surface area contributed by atoms with Gasteiger partial charge in [-0.1, -0.05) is 12.2 Å². The van der Waals surface area contributed by atoms with Crippen LogP contribution in [0.4, 0.5) is 0 Å². The molecule has 0 unspecified atom stereocenters. The molecule has 1 fully saturated rings. The maximum absolute atomic E-state index is 4.23. The molecule has 2 N–H and O–H groups in total. The Morgan fingerprint density at radius 2 is 2.50 bits per heavy atom. The second-order valence-corrected chi connectivity index (χ2v) is 3.30. The summed E-state index contributed by atoms with van der Waals surface area (Å²) in [5, 5.41) is 6.38. The summed E-state index contributed by atoms with van der Waals surface area (Å²) in [6.07, 6.45) is 7.26. The first-order valence-corrected chi connectivity index (χ1v) is 4.64. The van der Waals surface area contributed by atoms with Crippen LogP contribution in [0.15, 0.2) is 17.1 Å². The summed E-state index contributed by atoms with van der Waals surface area (Å²) in [4.78, 5) is 4.23. The van der Waals surface area contributed by atoms with Crippen molar-refractivity contribution in [3.8, 4) is 0 Å². The van der Waals surface area contributed by atoms with E-state index in [0.29, 0.717) is 0 Å². The van der Waals surface area contributed by atoms with Gasteiger partial charge in [0.1, 0.15) is 0 Å². The second-order valence-electron chi connectivity index (χ2n) is 3.30. The van der Waals surface area contributed by atoms with Gasteiger partial charge in [-0.3, -0.25) is 4.99 Å². The molecule has 1 aliphatic carbocycles. The zero-order valence-corrected chi connectivity index (χ0v) is 7.21. The van der Waals surface area contributed by atoms with Gasteiger partial charge in [-0.25, -0.2) is 0 Å². The van der Waals surface area contributed by atoms with E-state index in [2.05, 4.69) is 27.8 Å². The molecule has 0 bridgehead atoms. The third-order valence-electron chi connectivity index (χ3n) is 2.09. The summed E-state index contributed by atoms with van der Waals surface area (Å²) in [5.74, 6) is 1.83. The first-order valence-electron chi connectivity index (χ1n) is 4.64. The first kappa shape index (κ1) is 7.65. The van der Waals surface area contributed by atoms with Gasteiger partial charge in [0, 0.05) is 13.1 Å². The fourth-order valence-corrected chi connectivity index (χ4v) is 1.22. The predicted molar refractivity (Wildman–Crippen MR) is 50.2 cm³/mol. The zero-order chi connectivity index (χ0) is 8.23. The van der Waals surface area contributed by atoms with Crippen molar-refractivity contribution in [2.24, 2.45) is 10.9 Å². The van der Waals surface area contributed by atoms with E-state index in [0.717, 1.165) is 31.5 Å². The van der Waals surface area contributed by atoms with Gasteiger partial charge in [-0.05, 0) is 18.8 Å². The van der Waals surface area contributed by atoms with Crippen LogP contribution in [0.25, 0.3) is 0 Å². The fourth-order valence-electron chi connectivity index (χ4n) is 1.22. The summed E-state index contributed by atoms with van der Waals surface area (Å²) in [6.45, 7) is 2.80. The van der Waals surface area contributed by atoms with Gasteiger partial charge in [-0.2, -0.15) is 0 Å². The first-order chi connectivity index (χ1) is 5.95. The number of hydrogen-bond donors (Lipinski definition) is 2. The van der Waals surface area contributed by atoms with E-state index in [-0.39, 0.29) is 0 Å². The number of nitrogens with zero attached hydrogens (tertiary/aromatic N) is 1. The minimum Gasteiger partial charge on any atom is -0.355 e. The van der Waals surface area contributed by atoms with Gasteiger partial charge in [0.05, 0.1) is 6.54 Å². The number of aliphatic imine (C=N–C) groups is 1. The highest BCUT2D eigenvalue weighted by atomic mass is 15.2. The molecule has 0 aromatic heterocycles. The molecule has 2 aliphatic rings. The van der Waals surface area contributed by atoms with Crippen molar-refractivity contribution in [2.45, 2.75) is 12.8 Å². The summed E-state index contributed by atoms with van der Waals surface area (Å²) in [5.41, 5.74) is 0. The highest BCUT2D eigenvalue weighted by Crippen LogP contribution is 2.29. The monoisotopic (exact) mass is 165 g/mol. The highest BCUT2D eigenvalue weighted by molar-refractivity contribution is 5.81. The van der Waals surface area contributed by atoms with Crippen molar-refractivity contribution in [2.75, 3.05) is 19.6 Å². The van der Waals surface area contributed by atoms with Crippen molar-refractivity contribution in [3.63, 3.8) is 0 Å². The molecule has 0 spiro atoms. The van der Waals surface area contributed by atoms with Crippen molar-refractivity contribution in [1.82, 2.24) is 10.6 Å². The summed E-state index contributed by atoms with van der Waals surface area (Å²) in [7, 11) is 0. The third-order valence-corrected chi connectivity index (χ3v) is 2.09. The van der Waals surface area contributed by atoms with E-state index in [4.69, 9.17) is 0 Å². The Labute approximate surface area is 73.0 Å². The molecule has 0 aromatic rings. The van der Waals surface area contributed by atoms with Crippen LogP contribution >= 0.6 is 0 Å². The Balaban J connectivity index is 1.60. The highest BCUT2D eigenvalue weighted by Gasteiger charge is 2.16. The van der Waals surface area contributed by atoms with Crippen LogP contribution in [-0.2, 0) is 0 Å². The fraction of sp³-hybridized carbons (Fsp3) is 0.667. The average Bonchev–Trinajstić information content (AvgIpc) is 2.76. The molecule has 0 saturated heterocycles. The van der Waals surface area contributed by atoms with Crippen LogP contribution in [0.2, 0.25) is 0 Å². The molecule has 12 heavy (non-hydrogen) atoms. The van der Waals surface area contributed by atoms with Crippen molar-refractivity contribution in [1.29, 1.82) is 0 Å². The minimum atomic E-state index is 0.880. The van der Waals surface area contributed by atoms with Crippen LogP contribution in [-0.4, -0.2) is 25.6 Å². The van der Waals surface area contributed by atoms with Gasteiger partial charge in [0.15, 0.2) is 5.96 Å².